The molecule has 0 unspecified atom stereocenters. The van der Waals surface area contributed by atoms with Gasteiger partial charge >= 0.3 is 6.09 Å². The number of rotatable bonds is 16. The molecule has 0 saturated carbocycles. The molecular weight excluding hydrogens is 656 g/mol. The van der Waals surface area contributed by atoms with E-state index in [0.717, 1.165) is 39.1 Å². The molecule has 3 atom stereocenters. The number of ether oxygens (including phenoxy) is 1. The largest absolute Gasteiger partial charge is 0.444 e. The molecule has 52 heavy (non-hydrogen) atoms. The van der Waals surface area contributed by atoms with Gasteiger partial charge in [0.1, 0.15) is 17.5 Å². The number of H-pyrrole nitrogens is 1. The first-order valence-corrected chi connectivity index (χ1v) is 17.6. The number of nitrogens with one attached hydrogen (secondary N) is 5. The number of aliphatic hydroxyl groups excluding tert-OH is 1. The van der Waals surface area contributed by atoms with Gasteiger partial charge in [-0.2, -0.15) is 0 Å². The summed E-state index contributed by atoms with van der Waals surface area (Å²) in [5, 5.41) is 23.8. The fraction of sp³-hybridized carbons (Fsp3) is 0.317. The van der Waals surface area contributed by atoms with Gasteiger partial charge < -0.3 is 30.8 Å². The number of aromatic amines is 1. The molecule has 6 N–H and O–H groups in total. The lowest BCUT2D eigenvalue weighted by Crippen LogP contribution is -2.59. The summed E-state index contributed by atoms with van der Waals surface area (Å²) in [6.07, 6.45) is -0.919. The number of benzene rings is 4. The minimum absolute atomic E-state index is 0.0745. The van der Waals surface area contributed by atoms with Crippen molar-refractivity contribution in [2.75, 3.05) is 0 Å². The number of hydrogen-bond donors (Lipinski definition) is 6. The highest BCUT2D eigenvalue weighted by Gasteiger charge is 2.35. The molecule has 0 aliphatic rings. The van der Waals surface area contributed by atoms with Crippen molar-refractivity contribution in [3.63, 3.8) is 0 Å². The summed E-state index contributed by atoms with van der Waals surface area (Å²) in [6, 6.07) is 32.5. The van der Waals surface area contributed by atoms with Gasteiger partial charge in [-0.3, -0.25) is 14.9 Å². The van der Waals surface area contributed by atoms with Gasteiger partial charge in [0.2, 0.25) is 11.8 Å². The van der Waals surface area contributed by atoms with Crippen molar-refractivity contribution in [1.29, 1.82) is 0 Å². The molecule has 11 nitrogen and oxygen atoms in total. The van der Waals surface area contributed by atoms with Crippen LogP contribution in [-0.4, -0.2) is 56.8 Å². The van der Waals surface area contributed by atoms with Crippen LogP contribution < -0.4 is 21.3 Å². The SMILES string of the molecule is CC(C)(C)OC(=O)N[C@@H](Cc1ccccc1)[C@@H](O)[C@@H](NCc1ccc(CNC(=O)CCc2nc3ccccc3[nH]2)cc1)C(=O)NCc1ccccc1. The molecule has 3 amide bonds. The van der Waals surface area contributed by atoms with E-state index in [-0.39, 0.29) is 25.4 Å². The van der Waals surface area contributed by atoms with Crippen molar-refractivity contribution in [3.8, 4) is 0 Å². The van der Waals surface area contributed by atoms with Gasteiger partial charge in [-0.05, 0) is 61.6 Å². The molecule has 5 aromatic rings. The van der Waals surface area contributed by atoms with Gasteiger partial charge in [0.15, 0.2) is 0 Å². The van der Waals surface area contributed by atoms with E-state index in [1.807, 2.05) is 109 Å². The minimum atomic E-state index is -1.32. The highest BCUT2D eigenvalue weighted by Crippen LogP contribution is 2.15. The lowest BCUT2D eigenvalue weighted by Gasteiger charge is -2.31. The van der Waals surface area contributed by atoms with E-state index in [1.165, 1.54) is 0 Å². The van der Waals surface area contributed by atoms with Gasteiger partial charge in [0, 0.05) is 32.5 Å². The van der Waals surface area contributed by atoms with Crippen LogP contribution >= 0.6 is 0 Å². The van der Waals surface area contributed by atoms with Crippen LogP contribution in [0.3, 0.4) is 0 Å². The number of aryl methyl sites for hydroxylation is 1. The minimum Gasteiger partial charge on any atom is -0.444 e. The molecule has 0 aliphatic heterocycles. The first-order valence-electron chi connectivity index (χ1n) is 17.6. The Morgan fingerprint density at radius 2 is 1.33 bits per heavy atom. The Balaban J connectivity index is 1.22. The van der Waals surface area contributed by atoms with Gasteiger partial charge in [0.25, 0.3) is 0 Å². The fourth-order valence-electron chi connectivity index (χ4n) is 5.73. The van der Waals surface area contributed by atoms with Gasteiger partial charge in [-0.1, -0.05) is 97.1 Å². The summed E-state index contributed by atoms with van der Waals surface area (Å²) in [7, 11) is 0. The number of carbonyl (C=O) groups is 3. The Kier molecular flexibility index (Phi) is 13.1. The van der Waals surface area contributed by atoms with Gasteiger partial charge in [-0.25, -0.2) is 9.78 Å². The summed E-state index contributed by atoms with van der Waals surface area (Å²) < 4.78 is 5.51. The zero-order chi connectivity index (χ0) is 36.9. The number of imidazole rings is 1. The van der Waals surface area contributed by atoms with Crippen molar-refractivity contribution in [2.24, 2.45) is 0 Å². The normalized spacial score (nSPS) is 13.2. The van der Waals surface area contributed by atoms with E-state index >= 15 is 0 Å². The van der Waals surface area contributed by atoms with Crippen LogP contribution in [-0.2, 0) is 46.8 Å². The fourth-order valence-corrected chi connectivity index (χ4v) is 5.73. The molecule has 11 heteroatoms. The van der Waals surface area contributed by atoms with E-state index < -0.39 is 35.8 Å². The Hall–Kier alpha value is -5.52. The summed E-state index contributed by atoms with van der Waals surface area (Å²) in [5.41, 5.74) is 4.66. The molecule has 0 saturated heterocycles. The van der Waals surface area contributed by atoms with Crippen LogP contribution in [0.1, 0.15) is 55.3 Å². The first kappa shape index (κ1) is 37.7. The Morgan fingerprint density at radius 3 is 1.98 bits per heavy atom. The number of hydrogen-bond acceptors (Lipinski definition) is 7. The second-order valence-electron chi connectivity index (χ2n) is 13.8. The third kappa shape index (κ3) is 11.8. The van der Waals surface area contributed by atoms with E-state index in [0.29, 0.717) is 19.4 Å². The highest BCUT2D eigenvalue weighted by atomic mass is 16.6. The van der Waals surface area contributed by atoms with Crippen LogP contribution in [0.5, 0.6) is 0 Å². The number of fused-ring (bicyclic) bond motifs is 1. The molecule has 0 fully saturated rings. The number of carbonyl (C=O) groups excluding carboxylic acids is 3. The van der Waals surface area contributed by atoms with Crippen LogP contribution in [0.25, 0.3) is 11.0 Å². The van der Waals surface area contributed by atoms with Crippen LogP contribution in [0.2, 0.25) is 0 Å². The van der Waals surface area contributed by atoms with Crippen LogP contribution in [0, 0.1) is 0 Å². The molecule has 0 spiro atoms. The maximum absolute atomic E-state index is 13.7. The number of para-hydroxylation sites is 2. The Labute approximate surface area is 304 Å². The smallest absolute Gasteiger partial charge is 0.407 e. The predicted molar refractivity (Wildman–Crippen MR) is 201 cm³/mol. The quantitative estimate of drug-likeness (QED) is 0.0836. The molecule has 1 aromatic heterocycles. The van der Waals surface area contributed by atoms with Crippen LogP contribution in [0.4, 0.5) is 4.79 Å². The van der Waals surface area contributed by atoms with Gasteiger partial charge in [0.05, 0.1) is 23.2 Å². The summed E-state index contributed by atoms with van der Waals surface area (Å²) >= 11 is 0. The lowest BCUT2D eigenvalue weighted by molar-refractivity contribution is -0.126. The van der Waals surface area contributed by atoms with Crippen molar-refractivity contribution in [1.82, 2.24) is 31.2 Å². The third-order valence-electron chi connectivity index (χ3n) is 8.41. The molecule has 1 heterocycles. The Bertz CT molecular complexity index is 1860. The zero-order valence-electron chi connectivity index (χ0n) is 29.9. The van der Waals surface area contributed by atoms with Crippen molar-refractivity contribution >= 4 is 28.9 Å². The van der Waals surface area contributed by atoms with E-state index in [9.17, 15) is 19.5 Å². The van der Waals surface area contributed by atoms with E-state index in [2.05, 4.69) is 31.2 Å². The maximum atomic E-state index is 13.7. The number of aliphatic hydroxyl groups is 1. The summed E-state index contributed by atoms with van der Waals surface area (Å²) in [6.45, 7) is 6.19. The van der Waals surface area contributed by atoms with Gasteiger partial charge in [-0.15, -0.1) is 0 Å². The lowest BCUT2D eigenvalue weighted by atomic mass is 9.95. The second-order valence-corrected chi connectivity index (χ2v) is 13.8. The molecule has 0 radical (unpaired) electrons. The topological polar surface area (TPSA) is 157 Å². The standard InChI is InChI=1S/C41H48N6O5/c1-41(2,3)52-40(51)47-34(24-28-12-6-4-7-13-28)38(49)37(39(50)44-27-29-14-8-5-9-15-29)43-26-31-20-18-30(19-21-31)25-42-36(48)23-22-35-45-32-16-10-11-17-33(32)46-35/h4-21,34,37-38,43,49H,22-27H2,1-3H3,(H,42,48)(H,44,50)(H,45,46)(H,47,51)/t34-,37+,38+/m0/s1. The van der Waals surface area contributed by atoms with E-state index in [4.69, 9.17) is 4.74 Å². The number of nitrogens with zero attached hydrogens (tertiary/aromatic N) is 1. The molecule has 0 aliphatic carbocycles. The zero-order valence-corrected chi connectivity index (χ0v) is 29.9. The average Bonchev–Trinajstić information content (AvgIpc) is 3.56. The van der Waals surface area contributed by atoms with Crippen molar-refractivity contribution in [2.45, 2.75) is 83.5 Å². The predicted octanol–water partition coefficient (Wildman–Crippen LogP) is 5.08. The molecule has 5 rings (SSSR count). The van der Waals surface area contributed by atoms with Crippen molar-refractivity contribution < 1.29 is 24.2 Å². The monoisotopic (exact) mass is 704 g/mol. The Morgan fingerprint density at radius 1 is 0.750 bits per heavy atom. The molecular formula is C41H48N6O5. The van der Waals surface area contributed by atoms with Crippen LogP contribution in [0.15, 0.2) is 109 Å². The first-order chi connectivity index (χ1) is 25.0. The number of alkyl carbamates (subject to hydrolysis) is 1. The maximum Gasteiger partial charge on any atom is 0.407 e. The third-order valence-corrected chi connectivity index (χ3v) is 8.41. The number of amides is 3. The molecule has 4 aromatic carbocycles. The highest BCUT2D eigenvalue weighted by molar-refractivity contribution is 5.83. The van der Waals surface area contributed by atoms with E-state index in [1.54, 1.807) is 20.8 Å². The second kappa shape index (κ2) is 18.1. The average molecular weight is 705 g/mol. The summed E-state index contributed by atoms with van der Waals surface area (Å²) in [5.74, 6) is 0.286. The summed E-state index contributed by atoms with van der Waals surface area (Å²) in [4.78, 5) is 47.0. The molecule has 0 bridgehead atoms. The number of aromatic nitrogens is 2. The van der Waals surface area contributed by atoms with Crippen molar-refractivity contribution in [3.05, 3.63) is 137 Å². The molecule has 272 valence electrons.